The lowest BCUT2D eigenvalue weighted by atomic mass is 9.80. The number of esters is 2. The van der Waals surface area contributed by atoms with Crippen LogP contribution in [0.4, 0.5) is 114 Å². The molecule has 0 aromatic heterocycles. The molecule has 342 valence electrons. The summed E-state index contributed by atoms with van der Waals surface area (Å²) in [5, 5.41) is 0. The number of carbonyl (C=O) groups excluding carboxylic acids is 2. The van der Waals surface area contributed by atoms with Crippen LogP contribution >= 0.6 is 0 Å². The first-order valence-electron chi connectivity index (χ1n) is 13.3. The Morgan fingerprint density at radius 3 is 0.776 bits per heavy atom. The van der Waals surface area contributed by atoms with Gasteiger partial charge in [-0.2, -0.15) is 96.6 Å². The molecule has 0 saturated heterocycles. The van der Waals surface area contributed by atoms with Gasteiger partial charge in [-0.25, -0.2) is 27.2 Å². The number of hydrogen-bond acceptors (Lipinski definition) is 8. The van der Waals surface area contributed by atoms with E-state index in [4.69, 9.17) is 0 Å². The van der Waals surface area contributed by atoms with E-state index < -0.39 is 135 Å². The molecule has 58 heavy (non-hydrogen) atoms. The molecule has 4 atom stereocenters. The molecule has 0 radical (unpaired) electrons. The average molecular weight is 926 g/mol. The number of ether oxygens (including phenoxy) is 6. The van der Waals surface area contributed by atoms with Crippen LogP contribution in [0.3, 0.4) is 0 Å². The van der Waals surface area contributed by atoms with E-state index in [0.717, 1.165) is 0 Å². The van der Waals surface area contributed by atoms with Gasteiger partial charge in [0.1, 0.15) is 0 Å². The molecule has 0 saturated carbocycles. The second-order valence-corrected chi connectivity index (χ2v) is 10.7. The fourth-order valence-corrected chi connectivity index (χ4v) is 3.21. The first-order chi connectivity index (χ1) is 25.0. The first-order valence-corrected chi connectivity index (χ1v) is 13.3. The van der Waals surface area contributed by atoms with Crippen molar-refractivity contribution in [3.05, 3.63) is 25.3 Å². The molecule has 0 N–H and O–H groups in total. The monoisotopic (exact) mass is 926 g/mol. The van der Waals surface area contributed by atoms with Gasteiger partial charge in [0.25, 0.3) is 0 Å². The van der Waals surface area contributed by atoms with Crippen LogP contribution in [0.25, 0.3) is 0 Å². The van der Waals surface area contributed by atoms with E-state index in [0.29, 0.717) is 0 Å². The smallest absolute Gasteiger partial charge is 0.452 e. The van der Waals surface area contributed by atoms with E-state index in [1.807, 2.05) is 0 Å². The summed E-state index contributed by atoms with van der Waals surface area (Å²) in [5.74, 6) is -33.6. The number of rotatable bonds is 19. The Morgan fingerprint density at radius 2 is 0.603 bits per heavy atom. The molecule has 0 aliphatic carbocycles. The number of carbonyl (C=O) groups is 2. The number of halogens is 26. The van der Waals surface area contributed by atoms with E-state index in [9.17, 15) is 79.8 Å². The maximum absolute atomic E-state index is 16.5. The van der Waals surface area contributed by atoms with E-state index in [-0.39, 0.29) is 0 Å². The minimum absolute atomic E-state index is 0.404. The van der Waals surface area contributed by atoms with E-state index >= 15 is 43.9 Å². The van der Waals surface area contributed by atoms with Crippen LogP contribution in [0.2, 0.25) is 0 Å². The highest BCUT2D eigenvalue weighted by molar-refractivity contribution is 5.81. The highest BCUT2D eigenvalue weighted by atomic mass is 19.4. The molecule has 0 amide bonds. The Hall–Kier alpha value is -3.56. The SMILES string of the molecule is C=CC(=O)OCC(F)(OC(F)(F)C(F)(C(F)(F)OC(F)(COC(=O)C=C)C(F)(F)F)C(F)(C(F)(F)OC(C)(F)C(F)(F)F)C(F)(F)OC(C)(F)C(F)(F)F)C(F)(F)F. The van der Waals surface area contributed by atoms with Gasteiger partial charge in [-0.3, -0.25) is 18.9 Å². The van der Waals surface area contributed by atoms with E-state index in [1.54, 1.807) is 18.9 Å². The molecule has 0 aliphatic rings. The highest BCUT2D eigenvalue weighted by Gasteiger charge is 2.99. The first kappa shape index (κ1) is 54.4. The summed E-state index contributed by atoms with van der Waals surface area (Å²) in [5.41, 5.74) is -19.9. The molecule has 8 nitrogen and oxygen atoms in total. The van der Waals surface area contributed by atoms with Crippen LogP contribution in [0.5, 0.6) is 0 Å². The fourth-order valence-electron chi connectivity index (χ4n) is 3.21. The van der Waals surface area contributed by atoms with Gasteiger partial charge in [-0.15, -0.1) is 0 Å². The third kappa shape index (κ3) is 10.1. The van der Waals surface area contributed by atoms with Gasteiger partial charge in [0.15, 0.2) is 13.2 Å². The minimum Gasteiger partial charge on any atom is -0.456 e. The van der Waals surface area contributed by atoms with Gasteiger partial charge in [-0.1, -0.05) is 13.2 Å². The maximum Gasteiger partial charge on any atom is 0.452 e. The molecule has 0 heterocycles. The average Bonchev–Trinajstić information content (AvgIpc) is 2.97. The summed E-state index contributed by atoms with van der Waals surface area (Å²) in [6.07, 6.45) is -68.2. The Kier molecular flexibility index (Phi) is 14.8. The molecule has 4 unspecified atom stereocenters. The lowest BCUT2D eigenvalue weighted by Crippen LogP contribution is -2.83. The summed E-state index contributed by atoms with van der Waals surface area (Å²) >= 11 is 0. The van der Waals surface area contributed by atoms with Crippen molar-refractivity contribution in [2.24, 2.45) is 0 Å². The quantitative estimate of drug-likeness (QED) is 0.0721. The van der Waals surface area contributed by atoms with Gasteiger partial charge in [-0.05, 0) is 0 Å². The lowest BCUT2D eigenvalue weighted by molar-refractivity contribution is -0.570. The molecule has 0 rings (SSSR count). The van der Waals surface area contributed by atoms with Gasteiger partial charge >= 0.3 is 95.8 Å². The van der Waals surface area contributed by atoms with Crippen molar-refractivity contribution in [3.8, 4) is 0 Å². The predicted molar refractivity (Wildman–Crippen MR) is 125 cm³/mol. The Morgan fingerprint density at radius 1 is 0.397 bits per heavy atom. The van der Waals surface area contributed by atoms with Crippen LogP contribution in [0.1, 0.15) is 13.8 Å². The molecule has 0 aromatic carbocycles. The van der Waals surface area contributed by atoms with Crippen molar-refractivity contribution in [1.29, 1.82) is 0 Å². The van der Waals surface area contributed by atoms with Crippen molar-refractivity contribution in [2.75, 3.05) is 13.2 Å². The van der Waals surface area contributed by atoms with Crippen molar-refractivity contribution in [1.82, 2.24) is 0 Å². The van der Waals surface area contributed by atoms with Crippen LogP contribution in [-0.2, 0) is 38.0 Å². The third-order valence-electron chi connectivity index (χ3n) is 6.29. The third-order valence-corrected chi connectivity index (χ3v) is 6.29. The molecule has 34 heteroatoms. The topological polar surface area (TPSA) is 89.5 Å². The predicted octanol–water partition coefficient (Wildman–Crippen LogP) is 9.25. The molecule has 0 aliphatic heterocycles. The van der Waals surface area contributed by atoms with Crippen molar-refractivity contribution >= 4 is 11.9 Å². The molecule has 0 aromatic rings. The number of hydrogen-bond donors (Lipinski definition) is 0. The van der Waals surface area contributed by atoms with Crippen LogP contribution in [0, 0.1) is 0 Å². The van der Waals surface area contributed by atoms with Crippen LogP contribution in [-0.4, -0.2) is 109 Å². The summed E-state index contributed by atoms with van der Waals surface area (Å²) in [4.78, 5) is 22.1. The van der Waals surface area contributed by atoms with Gasteiger partial charge in [0, 0.05) is 26.0 Å². The minimum atomic E-state index is -9.97. The zero-order chi connectivity index (χ0) is 47.2. The summed E-state index contributed by atoms with van der Waals surface area (Å²) < 4.78 is 387. The van der Waals surface area contributed by atoms with Crippen LogP contribution < -0.4 is 0 Å². The Labute approximate surface area is 301 Å². The van der Waals surface area contributed by atoms with Crippen molar-refractivity contribution < 1.29 is 152 Å². The summed E-state index contributed by atoms with van der Waals surface area (Å²) in [6, 6.07) is 0. The second kappa shape index (κ2) is 15.8. The molecule has 0 fully saturated rings. The highest BCUT2D eigenvalue weighted by Crippen LogP contribution is 2.67. The van der Waals surface area contributed by atoms with Crippen molar-refractivity contribution in [3.63, 3.8) is 0 Å². The van der Waals surface area contributed by atoms with E-state index in [1.165, 1.54) is 0 Å². The standard InChI is InChI=1S/C24H16F26O8/c1-5-9(51)53-7-13(27,19(37,38)39)57-23(47,48)16(30,24(49,50)58-14(28,20(40,41)42)8-54-10(52)6-2)15(29,21(43,44)55-11(3,25)17(31,32)33)22(45,46)56-12(4,26)18(34,35)36/h5-6H,1-2,7-8H2,3-4H3. The fraction of sp³-hybridized carbons (Fsp3) is 0.750. The second-order valence-electron chi connectivity index (χ2n) is 10.7. The molecular weight excluding hydrogens is 910 g/mol. The van der Waals surface area contributed by atoms with Crippen LogP contribution in [0.15, 0.2) is 25.3 Å². The van der Waals surface area contributed by atoms with Crippen molar-refractivity contribution in [2.45, 2.75) is 97.7 Å². The normalized spacial score (nSPS) is 20.6. The Bertz CT molecular complexity index is 1400. The molecular formula is C24H16F26O8. The van der Waals surface area contributed by atoms with Gasteiger partial charge < -0.3 is 9.47 Å². The molecule has 0 bridgehead atoms. The largest absolute Gasteiger partial charge is 0.456 e. The summed E-state index contributed by atoms with van der Waals surface area (Å²) in [6.45, 7) is -6.43. The zero-order valence-corrected chi connectivity index (χ0v) is 27.1. The maximum atomic E-state index is 16.5. The van der Waals surface area contributed by atoms with Gasteiger partial charge in [0.2, 0.25) is 0 Å². The number of alkyl halides is 26. The lowest BCUT2D eigenvalue weighted by Gasteiger charge is -2.51. The van der Waals surface area contributed by atoms with E-state index in [2.05, 4.69) is 22.6 Å². The summed E-state index contributed by atoms with van der Waals surface area (Å²) in [7, 11) is 0. The zero-order valence-electron chi connectivity index (χ0n) is 27.1. The Balaban J connectivity index is 9.18. The molecule has 0 spiro atoms. The van der Waals surface area contributed by atoms with Gasteiger partial charge in [0.05, 0.1) is 0 Å².